The Hall–Kier alpha value is -1.35. The lowest BCUT2D eigenvalue weighted by Gasteiger charge is -2.07. The van der Waals surface area contributed by atoms with Crippen LogP contribution >= 0.6 is 0 Å². The quantitative estimate of drug-likeness (QED) is 0.404. The predicted molar refractivity (Wildman–Crippen MR) is 62.8 cm³/mol. The van der Waals surface area contributed by atoms with Crippen LogP contribution in [-0.4, -0.2) is 19.2 Å². The van der Waals surface area contributed by atoms with E-state index in [1.165, 1.54) is 6.92 Å². The molecule has 0 fully saturated rings. The second-order valence-electron chi connectivity index (χ2n) is 3.61. The maximum Gasteiger partial charge on any atom is 0.189 e. The molecule has 0 amide bonds. The topological polar surface area (TPSA) is 35.5 Å². The fraction of sp³-hybridized carbons (Fsp3) is 0.462. The maximum absolute atomic E-state index is 11.1. The van der Waals surface area contributed by atoms with Crippen molar-refractivity contribution in [2.45, 2.75) is 26.7 Å². The normalized spacial score (nSPS) is 10.1. The highest BCUT2D eigenvalue weighted by Gasteiger charge is 2.00. The highest BCUT2D eigenvalue weighted by Crippen LogP contribution is 2.13. The molecule has 0 unspecified atom stereocenters. The summed E-state index contributed by atoms with van der Waals surface area (Å²) in [5.74, 6) is 0.710. The number of hydrogen-bond donors (Lipinski definition) is 0. The van der Waals surface area contributed by atoms with E-state index < -0.39 is 0 Å². The Bertz CT molecular complexity index is 334. The molecule has 0 heterocycles. The largest absolute Gasteiger partial charge is 0.468 e. The number of carbonyl (C=O) groups is 1. The summed E-state index contributed by atoms with van der Waals surface area (Å²) in [4.78, 5) is 11.1. The molecule has 0 aromatic heterocycles. The first-order valence-electron chi connectivity index (χ1n) is 5.55. The second kappa shape index (κ2) is 7.01. The molecule has 0 aliphatic rings. The smallest absolute Gasteiger partial charge is 0.189 e. The van der Waals surface area contributed by atoms with Gasteiger partial charge in [-0.1, -0.05) is 25.5 Å². The summed E-state index contributed by atoms with van der Waals surface area (Å²) >= 11 is 0. The lowest BCUT2D eigenvalue weighted by Crippen LogP contribution is -2.04. The third-order valence-electron chi connectivity index (χ3n) is 2.19. The van der Waals surface area contributed by atoms with Crippen LogP contribution < -0.4 is 4.74 Å². The van der Waals surface area contributed by atoms with Crippen molar-refractivity contribution in [3.05, 3.63) is 29.8 Å². The monoisotopic (exact) mass is 222 g/mol. The summed E-state index contributed by atoms with van der Waals surface area (Å²) in [6.45, 7) is 4.60. The van der Waals surface area contributed by atoms with E-state index in [2.05, 4.69) is 6.92 Å². The van der Waals surface area contributed by atoms with Gasteiger partial charge in [-0.15, -0.1) is 0 Å². The first-order valence-corrected chi connectivity index (χ1v) is 5.55. The molecule has 3 heteroatoms. The molecule has 0 radical (unpaired) electrons. The van der Waals surface area contributed by atoms with Crippen molar-refractivity contribution in [1.82, 2.24) is 0 Å². The van der Waals surface area contributed by atoms with Gasteiger partial charge in [-0.25, -0.2) is 0 Å². The van der Waals surface area contributed by atoms with Crippen LogP contribution in [0.2, 0.25) is 0 Å². The Morgan fingerprint density at radius 3 is 2.88 bits per heavy atom. The zero-order valence-corrected chi connectivity index (χ0v) is 9.86. The van der Waals surface area contributed by atoms with E-state index in [0.29, 0.717) is 17.9 Å². The summed E-state index contributed by atoms with van der Waals surface area (Å²) in [5.41, 5.74) is 0.658. The van der Waals surface area contributed by atoms with Gasteiger partial charge < -0.3 is 9.47 Å². The molecular weight excluding hydrogens is 204 g/mol. The zero-order valence-electron chi connectivity index (χ0n) is 9.86. The first kappa shape index (κ1) is 12.7. The number of ketones is 1. The van der Waals surface area contributed by atoms with Crippen molar-refractivity contribution in [2.24, 2.45) is 0 Å². The predicted octanol–water partition coefficient (Wildman–Crippen LogP) is 3.04. The molecular formula is C13H18O3. The van der Waals surface area contributed by atoms with Crippen molar-refractivity contribution in [3.63, 3.8) is 0 Å². The molecule has 0 saturated heterocycles. The lowest BCUT2D eigenvalue weighted by atomic mass is 10.1. The van der Waals surface area contributed by atoms with Gasteiger partial charge in [0.25, 0.3) is 0 Å². The molecule has 0 aliphatic heterocycles. The Morgan fingerprint density at radius 1 is 1.38 bits per heavy atom. The number of carbonyl (C=O) groups excluding carboxylic acids is 1. The van der Waals surface area contributed by atoms with Gasteiger partial charge in [0.15, 0.2) is 12.6 Å². The molecule has 0 saturated carbocycles. The van der Waals surface area contributed by atoms with Gasteiger partial charge in [-0.3, -0.25) is 4.79 Å². The van der Waals surface area contributed by atoms with E-state index in [0.717, 1.165) is 12.8 Å². The molecule has 3 nitrogen and oxygen atoms in total. The van der Waals surface area contributed by atoms with Gasteiger partial charge in [0.1, 0.15) is 5.75 Å². The number of ether oxygens (including phenoxy) is 2. The van der Waals surface area contributed by atoms with E-state index >= 15 is 0 Å². The molecule has 0 bridgehead atoms. The molecule has 1 aromatic carbocycles. The van der Waals surface area contributed by atoms with Gasteiger partial charge in [-0.05, 0) is 25.5 Å². The standard InChI is InChI=1S/C13H18O3/c1-3-4-8-15-10-16-13-7-5-6-12(9-13)11(2)14/h5-7,9H,3-4,8,10H2,1-2H3. The summed E-state index contributed by atoms with van der Waals surface area (Å²) in [7, 11) is 0. The van der Waals surface area contributed by atoms with E-state index in [1.807, 2.05) is 6.07 Å². The molecule has 1 aromatic rings. The number of unbranched alkanes of at least 4 members (excludes halogenated alkanes) is 1. The fourth-order valence-corrected chi connectivity index (χ4v) is 1.22. The van der Waals surface area contributed by atoms with Gasteiger partial charge in [0, 0.05) is 5.56 Å². The van der Waals surface area contributed by atoms with Crippen LogP contribution in [-0.2, 0) is 4.74 Å². The molecule has 0 aliphatic carbocycles. The molecule has 88 valence electrons. The van der Waals surface area contributed by atoms with Crippen LogP contribution in [0.1, 0.15) is 37.0 Å². The van der Waals surface area contributed by atoms with Gasteiger partial charge >= 0.3 is 0 Å². The average molecular weight is 222 g/mol. The van der Waals surface area contributed by atoms with Gasteiger partial charge in [0.2, 0.25) is 0 Å². The highest BCUT2D eigenvalue weighted by molar-refractivity contribution is 5.94. The summed E-state index contributed by atoms with van der Waals surface area (Å²) in [6, 6.07) is 7.12. The minimum atomic E-state index is 0.0392. The number of benzene rings is 1. The number of Topliss-reactive ketones (excluding diaryl/α,β-unsaturated/α-hetero) is 1. The molecule has 0 spiro atoms. The fourth-order valence-electron chi connectivity index (χ4n) is 1.22. The third-order valence-corrected chi connectivity index (χ3v) is 2.19. The van der Waals surface area contributed by atoms with Crippen LogP contribution in [0.4, 0.5) is 0 Å². The first-order chi connectivity index (χ1) is 7.74. The van der Waals surface area contributed by atoms with Crippen molar-refractivity contribution in [3.8, 4) is 5.75 Å². The Labute approximate surface area is 96.4 Å². The summed E-state index contributed by atoms with van der Waals surface area (Å²) < 4.78 is 10.6. The Balaban J connectivity index is 2.36. The molecule has 0 N–H and O–H groups in total. The van der Waals surface area contributed by atoms with Crippen molar-refractivity contribution in [2.75, 3.05) is 13.4 Å². The maximum atomic E-state index is 11.1. The Morgan fingerprint density at radius 2 is 2.19 bits per heavy atom. The molecule has 0 atom stereocenters. The van der Waals surface area contributed by atoms with Crippen LogP contribution in [0.3, 0.4) is 0 Å². The van der Waals surface area contributed by atoms with Crippen molar-refractivity contribution in [1.29, 1.82) is 0 Å². The summed E-state index contributed by atoms with van der Waals surface area (Å²) in [6.07, 6.45) is 2.15. The van der Waals surface area contributed by atoms with Crippen LogP contribution in [0.15, 0.2) is 24.3 Å². The van der Waals surface area contributed by atoms with Crippen molar-refractivity contribution < 1.29 is 14.3 Å². The average Bonchev–Trinajstić information content (AvgIpc) is 2.29. The van der Waals surface area contributed by atoms with E-state index in [9.17, 15) is 4.79 Å². The Kier molecular flexibility index (Phi) is 5.57. The zero-order chi connectivity index (χ0) is 11.8. The second-order valence-corrected chi connectivity index (χ2v) is 3.61. The minimum Gasteiger partial charge on any atom is -0.468 e. The van der Waals surface area contributed by atoms with Crippen LogP contribution in [0.25, 0.3) is 0 Å². The van der Waals surface area contributed by atoms with Crippen LogP contribution in [0.5, 0.6) is 5.75 Å². The van der Waals surface area contributed by atoms with Gasteiger partial charge in [0.05, 0.1) is 6.61 Å². The van der Waals surface area contributed by atoms with E-state index in [4.69, 9.17) is 9.47 Å². The lowest BCUT2D eigenvalue weighted by molar-refractivity contribution is 0.0140. The molecule has 16 heavy (non-hydrogen) atoms. The van der Waals surface area contributed by atoms with E-state index in [-0.39, 0.29) is 12.6 Å². The number of hydrogen-bond acceptors (Lipinski definition) is 3. The van der Waals surface area contributed by atoms with Crippen LogP contribution in [0, 0.1) is 0 Å². The van der Waals surface area contributed by atoms with Gasteiger partial charge in [-0.2, -0.15) is 0 Å². The third kappa shape index (κ3) is 4.45. The molecule has 1 rings (SSSR count). The minimum absolute atomic E-state index is 0.0392. The SMILES string of the molecule is CCCCOCOc1cccc(C(C)=O)c1. The summed E-state index contributed by atoms with van der Waals surface area (Å²) in [5, 5.41) is 0. The van der Waals surface area contributed by atoms with Crippen molar-refractivity contribution >= 4 is 5.78 Å². The highest BCUT2D eigenvalue weighted by atomic mass is 16.7. The number of rotatable bonds is 7. The van der Waals surface area contributed by atoms with E-state index in [1.54, 1.807) is 18.2 Å².